The molecule has 2 aromatic heterocycles. The maximum absolute atomic E-state index is 10.8. The van der Waals surface area contributed by atoms with Gasteiger partial charge in [-0.05, 0) is 34.0 Å². The van der Waals surface area contributed by atoms with Crippen molar-refractivity contribution in [1.29, 1.82) is 0 Å². The van der Waals surface area contributed by atoms with Crippen molar-refractivity contribution >= 4 is 38.7 Å². The maximum Gasteiger partial charge on any atom is 0.303 e. The number of benzene rings is 1. The van der Waals surface area contributed by atoms with Gasteiger partial charge in [0.05, 0.1) is 23.1 Å². The fourth-order valence-corrected chi connectivity index (χ4v) is 3.55. The Morgan fingerprint density at radius 3 is 2.86 bits per heavy atom. The molecule has 1 aromatic carbocycles. The van der Waals surface area contributed by atoms with Gasteiger partial charge in [-0.1, -0.05) is 19.1 Å². The van der Waals surface area contributed by atoms with Crippen molar-refractivity contribution in [3.8, 4) is 0 Å². The third kappa shape index (κ3) is 2.14. The van der Waals surface area contributed by atoms with E-state index in [1.807, 2.05) is 28.1 Å². The van der Waals surface area contributed by atoms with Crippen molar-refractivity contribution in [3.63, 3.8) is 0 Å². The van der Waals surface area contributed by atoms with E-state index in [4.69, 9.17) is 10.1 Å². The van der Waals surface area contributed by atoms with E-state index >= 15 is 0 Å². The molecular weight excluding hydrogens is 334 g/mol. The number of aliphatic carboxylic acids is 1. The highest BCUT2D eigenvalue weighted by molar-refractivity contribution is 9.10. The van der Waals surface area contributed by atoms with Crippen molar-refractivity contribution in [1.82, 2.24) is 14.0 Å². The smallest absolute Gasteiger partial charge is 0.303 e. The Hall–Kier alpha value is -1.82. The molecule has 6 heteroatoms. The molecule has 1 N–H and O–H groups in total. The van der Waals surface area contributed by atoms with E-state index in [0.717, 1.165) is 33.5 Å². The van der Waals surface area contributed by atoms with E-state index in [1.54, 1.807) is 0 Å². The van der Waals surface area contributed by atoms with Gasteiger partial charge in [-0.25, -0.2) is 4.98 Å². The van der Waals surface area contributed by atoms with Crippen LogP contribution in [0, 0.1) is 0 Å². The maximum atomic E-state index is 10.8. The molecule has 0 saturated heterocycles. The number of hydrogen-bond donors (Lipinski definition) is 1. The SMILES string of the molecule is CCc1cccc2c1nc1n(C)c(CCC(=O)O)c(Br)n21. The molecule has 0 fully saturated rings. The normalized spacial score (nSPS) is 11.6. The van der Waals surface area contributed by atoms with Crippen molar-refractivity contribution in [2.75, 3.05) is 0 Å². The van der Waals surface area contributed by atoms with Gasteiger partial charge < -0.3 is 9.67 Å². The van der Waals surface area contributed by atoms with Crippen LogP contribution >= 0.6 is 15.9 Å². The number of halogens is 1. The third-order valence-electron chi connectivity index (χ3n) is 3.85. The number of rotatable bonds is 4. The molecule has 0 saturated carbocycles. The van der Waals surface area contributed by atoms with Crippen LogP contribution in [0.2, 0.25) is 0 Å². The van der Waals surface area contributed by atoms with Gasteiger partial charge in [0.1, 0.15) is 4.60 Å². The molecule has 0 unspecified atom stereocenters. The van der Waals surface area contributed by atoms with Crippen LogP contribution in [0.4, 0.5) is 0 Å². The number of carbonyl (C=O) groups is 1. The van der Waals surface area contributed by atoms with E-state index in [0.29, 0.717) is 6.42 Å². The minimum Gasteiger partial charge on any atom is -0.481 e. The summed E-state index contributed by atoms with van der Waals surface area (Å²) in [4.78, 5) is 15.5. The third-order valence-corrected chi connectivity index (χ3v) is 4.66. The van der Waals surface area contributed by atoms with Crippen LogP contribution in [0.5, 0.6) is 0 Å². The lowest BCUT2D eigenvalue weighted by atomic mass is 10.1. The average molecular weight is 350 g/mol. The van der Waals surface area contributed by atoms with Crippen LogP contribution in [0.15, 0.2) is 22.8 Å². The van der Waals surface area contributed by atoms with Gasteiger partial charge in [0.25, 0.3) is 0 Å². The van der Waals surface area contributed by atoms with E-state index in [1.165, 1.54) is 5.56 Å². The number of nitrogens with zero attached hydrogens (tertiary/aromatic N) is 3. The van der Waals surface area contributed by atoms with Crippen molar-refractivity contribution < 1.29 is 9.90 Å². The molecule has 0 aliphatic carbocycles. The summed E-state index contributed by atoms with van der Waals surface area (Å²) in [5, 5.41) is 8.88. The Labute approximate surface area is 130 Å². The predicted octanol–water partition coefficient (Wildman–Crippen LogP) is 3.17. The Morgan fingerprint density at radius 1 is 1.43 bits per heavy atom. The van der Waals surface area contributed by atoms with Gasteiger partial charge in [0.2, 0.25) is 5.78 Å². The molecule has 110 valence electrons. The first-order valence-electron chi connectivity index (χ1n) is 6.89. The van der Waals surface area contributed by atoms with Crippen LogP contribution in [-0.2, 0) is 24.7 Å². The summed E-state index contributed by atoms with van der Waals surface area (Å²) in [6, 6.07) is 6.17. The van der Waals surface area contributed by atoms with Gasteiger partial charge in [-0.3, -0.25) is 9.20 Å². The van der Waals surface area contributed by atoms with Gasteiger partial charge in [0.15, 0.2) is 0 Å². The largest absolute Gasteiger partial charge is 0.481 e. The van der Waals surface area contributed by atoms with Crippen LogP contribution in [-0.4, -0.2) is 25.0 Å². The Kier molecular flexibility index (Phi) is 3.49. The molecule has 2 heterocycles. The number of imidazole rings is 2. The summed E-state index contributed by atoms with van der Waals surface area (Å²) in [6.45, 7) is 2.12. The quantitative estimate of drug-likeness (QED) is 0.786. The zero-order chi connectivity index (χ0) is 15.1. The number of fused-ring (bicyclic) bond motifs is 3. The summed E-state index contributed by atoms with van der Waals surface area (Å²) in [6.07, 6.45) is 1.52. The number of carboxylic acid groups (broad SMARTS) is 1. The second-order valence-corrected chi connectivity index (χ2v) is 5.83. The monoisotopic (exact) mass is 349 g/mol. The van der Waals surface area contributed by atoms with Gasteiger partial charge in [0, 0.05) is 13.5 Å². The molecule has 3 aromatic rings. The summed E-state index contributed by atoms with van der Waals surface area (Å²) in [5.41, 5.74) is 4.23. The average Bonchev–Trinajstić information content (AvgIpc) is 2.94. The van der Waals surface area contributed by atoms with Crippen LogP contribution in [0.1, 0.15) is 24.6 Å². The van der Waals surface area contributed by atoms with E-state index in [9.17, 15) is 4.79 Å². The molecule has 0 bridgehead atoms. The van der Waals surface area contributed by atoms with E-state index in [2.05, 4.69) is 28.9 Å². The van der Waals surface area contributed by atoms with Crippen LogP contribution in [0.3, 0.4) is 0 Å². The minimum atomic E-state index is -0.793. The van der Waals surface area contributed by atoms with E-state index < -0.39 is 5.97 Å². The number of hydrogen-bond acceptors (Lipinski definition) is 2. The lowest BCUT2D eigenvalue weighted by Crippen LogP contribution is -2.03. The number of aryl methyl sites for hydroxylation is 2. The number of aromatic nitrogens is 3. The summed E-state index contributed by atoms with van der Waals surface area (Å²) in [7, 11) is 1.93. The zero-order valence-corrected chi connectivity index (χ0v) is 13.5. The molecule has 21 heavy (non-hydrogen) atoms. The van der Waals surface area contributed by atoms with Crippen LogP contribution in [0.25, 0.3) is 16.8 Å². The summed E-state index contributed by atoms with van der Waals surface area (Å²) in [5.74, 6) is 0.0389. The molecule has 0 radical (unpaired) electrons. The lowest BCUT2D eigenvalue weighted by molar-refractivity contribution is -0.136. The second kappa shape index (κ2) is 5.18. The number of para-hydroxylation sites is 1. The first kappa shape index (κ1) is 14.1. The molecular formula is C15H16BrN3O2. The molecule has 0 aliphatic rings. The number of carboxylic acids is 1. The topological polar surface area (TPSA) is 59.5 Å². The minimum absolute atomic E-state index is 0.109. The standard InChI is InChI=1S/C15H16BrN3O2/c1-3-9-5-4-6-10-13(9)17-15-18(2)11(7-8-12(20)21)14(16)19(10)15/h4-6H,3,7-8H2,1-2H3,(H,20,21). The zero-order valence-electron chi connectivity index (χ0n) is 11.9. The van der Waals surface area contributed by atoms with Crippen molar-refractivity contribution in [3.05, 3.63) is 34.1 Å². The molecule has 0 atom stereocenters. The first-order chi connectivity index (χ1) is 10.0. The molecule has 3 rings (SSSR count). The van der Waals surface area contributed by atoms with Gasteiger partial charge >= 0.3 is 5.97 Å². The van der Waals surface area contributed by atoms with Gasteiger partial charge in [-0.2, -0.15) is 0 Å². The molecule has 0 spiro atoms. The van der Waals surface area contributed by atoms with Crippen molar-refractivity contribution in [2.45, 2.75) is 26.2 Å². The van der Waals surface area contributed by atoms with E-state index in [-0.39, 0.29) is 6.42 Å². The highest BCUT2D eigenvalue weighted by atomic mass is 79.9. The Morgan fingerprint density at radius 2 is 2.19 bits per heavy atom. The second-order valence-electron chi connectivity index (χ2n) is 5.08. The molecule has 0 aliphatic heterocycles. The summed E-state index contributed by atoms with van der Waals surface area (Å²) >= 11 is 3.61. The van der Waals surface area contributed by atoms with Gasteiger partial charge in [-0.15, -0.1) is 0 Å². The summed E-state index contributed by atoms with van der Waals surface area (Å²) < 4.78 is 4.90. The van der Waals surface area contributed by atoms with Crippen LogP contribution < -0.4 is 0 Å². The highest BCUT2D eigenvalue weighted by Crippen LogP contribution is 2.29. The lowest BCUT2D eigenvalue weighted by Gasteiger charge is -2.02. The molecule has 0 amide bonds. The fourth-order valence-electron chi connectivity index (χ4n) is 2.73. The van der Waals surface area contributed by atoms with Crippen molar-refractivity contribution in [2.24, 2.45) is 7.05 Å². The molecule has 5 nitrogen and oxygen atoms in total. The fraction of sp³-hybridized carbons (Fsp3) is 0.333. The first-order valence-corrected chi connectivity index (χ1v) is 7.68. The highest BCUT2D eigenvalue weighted by Gasteiger charge is 2.19. The Bertz CT molecular complexity index is 848. The predicted molar refractivity (Wildman–Crippen MR) is 84.7 cm³/mol. The Balaban J connectivity index is 2.25.